The number of nitrogens with zero attached hydrogens (tertiary/aromatic N) is 1. The fourth-order valence-corrected chi connectivity index (χ4v) is 3.07. The molecule has 1 unspecified atom stereocenters. The van der Waals surface area contributed by atoms with E-state index in [0.717, 1.165) is 0 Å². The van der Waals surface area contributed by atoms with Gasteiger partial charge >= 0.3 is 0 Å². The minimum atomic E-state index is 0.630. The van der Waals surface area contributed by atoms with E-state index in [1.807, 2.05) is 0 Å². The van der Waals surface area contributed by atoms with Crippen LogP contribution in [0.15, 0.2) is 18.2 Å². The van der Waals surface area contributed by atoms with Gasteiger partial charge in [-0.1, -0.05) is 6.07 Å². The molecule has 2 nitrogen and oxygen atoms in total. The predicted octanol–water partition coefficient (Wildman–Crippen LogP) is 3.98. The summed E-state index contributed by atoms with van der Waals surface area (Å²) in [5, 5.41) is 3.74. The van der Waals surface area contributed by atoms with E-state index in [0.29, 0.717) is 12.1 Å². The molecule has 1 aromatic carbocycles. The van der Waals surface area contributed by atoms with Gasteiger partial charge < -0.3 is 10.2 Å². The summed E-state index contributed by atoms with van der Waals surface area (Å²) >= 11 is 0. The maximum Gasteiger partial charge on any atom is 0.0347 e. The fourth-order valence-electron chi connectivity index (χ4n) is 3.07. The number of aryl methyl sites for hydroxylation is 2. The molecule has 19 heavy (non-hydrogen) atoms. The van der Waals surface area contributed by atoms with Crippen molar-refractivity contribution in [2.45, 2.75) is 59.0 Å². The van der Waals surface area contributed by atoms with E-state index < -0.39 is 0 Å². The van der Waals surface area contributed by atoms with E-state index in [2.05, 4.69) is 56.1 Å². The number of hydrogen-bond acceptors (Lipinski definition) is 2. The Hall–Kier alpha value is -1.02. The lowest BCUT2D eigenvalue weighted by Gasteiger charge is -2.24. The highest BCUT2D eigenvalue weighted by Crippen LogP contribution is 2.20. The lowest BCUT2D eigenvalue weighted by atomic mass is 10.1. The standard InChI is InChI=1S/C17H28N2/c1-13(2)19-8-5-6-16(7-9-19)18-17-11-14(3)10-15(4)12-17/h10-13,16,18H,5-9H2,1-4H3. The molecule has 1 saturated heterocycles. The molecular formula is C17H28N2. The van der Waals surface area contributed by atoms with Crippen LogP contribution in [0.5, 0.6) is 0 Å². The zero-order valence-corrected chi connectivity index (χ0v) is 12.9. The van der Waals surface area contributed by atoms with Gasteiger partial charge in [-0.2, -0.15) is 0 Å². The molecule has 1 heterocycles. The molecule has 106 valence electrons. The first-order valence-electron chi connectivity index (χ1n) is 7.63. The van der Waals surface area contributed by atoms with E-state index in [4.69, 9.17) is 0 Å². The topological polar surface area (TPSA) is 15.3 Å². The van der Waals surface area contributed by atoms with Crippen molar-refractivity contribution < 1.29 is 0 Å². The maximum atomic E-state index is 3.74. The highest BCUT2D eigenvalue weighted by molar-refractivity contribution is 5.49. The Morgan fingerprint density at radius 2 is 1.74 bits per heavy atom. The van der Waals surface area contributed by atoms with Crippen LogP contribution in [-0.4, -0.2) is 30.1 Å². The molecule has 1 atom stereocenters. The Bertz CT molecular complexity index is 391. The number of nitrogens with one attached hydrogen (secondary N) is 1. The molecule has 1 aliphatic heterocycles. The molecule has 0 saturated carbocycles. The summed E-state index contributed by atoms with van der Waals surface area (Å²) in [6.07, 6.45) is 3.85. The summed E-state index contributed by atoms with van der Waals surface area (Å²) in [6.45, 7) is 11.4. The number of hydrogen-bond donors (Lipinski definition) is 1. The molecule has 1 N–H and O–H groups in total. The van der Waals surface area contributed by atoms with Crippen molar-refractivity contribution in [2.75, 3.05) is 18.4 Å². The Labute approximate surface area is 118 Å². The summed E-state index contributed by atoms with van der Waals surface area (Å²) in [5.74, 6) is 0. The summed E-state index contributed by atoms with van der Waals surface area (Å²) in [4.78, 5) is 2.60. The van der Waals surface area contributed by atoms with E-state index in [1.165, 1.54) is 49.2 Å². The minimum Gasteiger partial charge on any atom is -0.382 e. The average Bonchev–Trinajstić information content (AvgIpc) is 2.53. The Morgan fingerprint density at radius 3 is 2.37 bits per heavy atom. The van der Waals surface area contributed by atoms with Gasteiger partial charge in [0.2, 0.25) is 0 Å². The molecule has 0 aliphatic carbocycles. The normalized spacial score (nSPS) is 21.4. The van der Waals surface area contributed by atoms with Crippen LogP contribution >= 0.6 is 0 Å². The largest absolute Gasteiger partial charge is 0.382 e. The first-order valence-corrected chi connectivity index (χ1v) is 7.63. The molecule has 0 spiro atoms. The van der Waals surface area contributed by atoms with E-state index in [1.54, 1.807) is 0 Å². The monoisotopic (exact) mass is 260 g/mol. The van der Waals surface area contributed by atoms with Gasteiger partial charge in [0.15, 0.2) is 0 Å². The molecule has 0 radical (unpaired) electrons. The minimum absolute atomic E-state index is 0.630. The van der Waals surface area contributed by atoms with Crippen LogP contribution < -0.4 is 5.32 Å². The van der Waals surface area contributed by atoms with Crippen molar-refractivity contribution in [3.63, 3.8) is 0 Å². The lowest BCUT2D eigenvalue weighted by Crippen LogP contribution is -2.32. The molecule has 1 aromatic rings. The molecule has 1 aliphatic rings. The SMILES string of the molecule is Cc1cc(C)cc(NC2CCCN(C(C)C)CC2)c1. The van der Waals surface area contributed by atoms with Crippen molar-refractivity contribution in [3.8, 4) is 0 Å². The molecule has 2 heteroatoms. The zero-order chi connectivity index (χ0) is 13.8. The lowest BCUT2D eigenvalue weighted by molar-refractivity contribution is 0.230. The molecule has 1 fully saturated rings. The third-order valence-electron chi connectivity index (χ3n) is 4.09. The highest BCUT2D eigenvalue weighted by Gasteiger charge is 2.18. The zero-order valence-electron chi connectivity index (χ0n) is 12.9. The van der Waals surface area contributed by atoms with E-state index in [9.17, 15) is 0 Å². The van der Waals surface area contributed by atoms with Gasteiger partial charge in [0, 0.05) is 24.3 Å². The Balaban J connectivity index is 1.95. The Morgan fingerprint density at radius 1 is 1.05 bits per heavy atom. The second-order valence-electron chi connectivity index (χ2n) is 6.28. The summed E-state index contributed by atoms with van der Waals surface area (Å²) in [5.41, 5.74) is 3.99. The van der Waals surface area contributed by atoms with E-state index >= 15 is 0 Å². The van der Waals surface area contributed by atoms with Crippen LogP contribution in [0.25, 0.3) is 0 Å². The summed E-state index contributed by atoms with van der Waals surface area (Å²) in [6, 6.07) is 8.07. The number of likely N-dealkylation sites (tertiary alicyclic amines) is 1. The number of anilines is 1. The molecular weight excluding hydrogens is 232 g/mol. The van der Waals surface area contributed by atoms with Gasteiger partial charge in [-0.05, 0) is 76.8 Å². The van der Waals surface area contributed by atoms with Crippen molar-refractivity contribution in [1.29, 1.82) is 0 Å². The van der Waals surface area contributed by atoms with Crippen LogP contribution in [0.4, 0.5) is 5.69 Å². The number of rotatable bonds is 3. The molecule has 0 amide bonds. The quantitative estimate of drug-likeness (QED) is 0.884. The third kappa shape index (κ3) is 4.24. The van der Waals surface area contributed by atoms with Gasteiger partial charge in [-0.3, -0.25) is 0 Å². The van der Waals surface area contributed by atoms with Gasteiger partial charge in [-0.25, -0.2) is 0 Å². The van der Waals surface area contributed by atoms with Crippen molar-refractivity contribution in [1.82, 2.24) is 4.90 Å². The Kier molecular flexibility index (Phi) is 4.87. The average molecular weight is 260 g/mol. The molecule has 2 rings (SSSR count). The summed E-state index contributed by atoms with van der Waals surface area (Å²) < 4.78 is 0. The van der Waals surface area contributed by atoms with Crippen LogP contribution in [-0.2, 0) is 0 Å². The summed E-state index contributed by atoms with van der Waals surface area (Å²) in [7, 11) is 0. The fraction of sp³-hybridized carbons (Fsp3) is 0.647. The van der Waals surface area contributed by atoms with Crippen LogP contribution in [0.2, 0.25) is 0 Å². The highest BCUT2D eigenvalue weighted by atomic mass is 15.1. The van der Waals surface area contributed by atoms with E-state index in [-0.39, 0.29) is 0 Å². The van der Waals surface area contributed by atoms with Crippen molar-refractivity contribution in [2.24, 2.45) is 0 Å². The molecule has 0 aromatic heterocycles. The van der Waals surface area contributed by atoms with Gasteiger partial charge in [0.05, 0.1) is 0 Å². The smallest absolute Gasteiger partial charge is 0.0347 e. The van der Waals surface area contributed by atoms with Gasteiger partial charge in [0.25, 0.3) is 0 Å². The number of benzene rings is 1. The van der Waals surface area contributed by atoms with Crippen molar-refractivity contribution >= 4 is 5.69 Å². The molecule has 0 bridgehead atoms. The van der Waals surface area contributed by atoms with Crippen LogP contribution in [0.1, 0.15) is 44.2 Å². The second-order valence-corrected chi connectivity index (χ2v) is 6.28. The van der Waals surface area contributed by atoms with Crippen molar-refractivity contribution in [3.05, 3.63) is 29.3 Å². The van der Waals surface area contributed by atoms with Crippen LogP contribution in [0, 0.1) is 13.8 Å². The predicted molar refractivity (Wildman–Crippen MR) is 83.9 cm³/mol. The van der Waals surface area contributed by atoms with Crippen LogP contribution in [0.3, 0.4) is 0 Å². The first-order chi connectivity index (χ1) is 9.04. The van der Waals surface area contributed by atoms with Gasteiger partial charge in [0.1, 0.15) is 0 Å². The third-order valence-corrected chi connectivity index (χ3v) is 4.09. The first kappa shape index (κ1) is 14.4. The second kappa shape index (κ2) is 6.42. The maximum absolute atomic E-state index is 3.74. The van der Waals surface area contributed by atoms with Gasteiger partial charge in [-0.15, -0.1) is 0 Å².